The number of hydrogen-bond acceptors (Lipinski definition) is 4. The minimum Gasteiger partial charge on any atom is -0.462 e. The summed E-state index contributed by atoms with van der Waals surface area (Å²) in [6, 6.07) is 15.9. The number of carbonyl (C=O) groups is 2. The minimum atomic E-state index is -0.533. The number of carbonyl (C=O) groups excluding carboxylic acids is 2. The molecule has 0 unspecified atom stereocenters. The third-order valence-electron chi connectivity index (χ3n) is 4.98. The van der Waals surface area contributed by atoms with Gasteiger partial charge in [0, 0.05) is 10.8 Å². The van der Waals surface area contributed by atoms with Crippen LogP contribution in [0.15, 0.2) is 48.5 Å². The first-order valence-electron chi connectivity index (χ1n) is 9.38. The van der Waals surface area contributed by atoms with Crippen LogP contribution in [0.3, 0.4) is 0 Å². The van der Waals surface area contributed by atoms with E-state index >= 15 is 0 Å². The molecule has 0 amide bonds. The van der Waals surface area contributed by atoms with Gasteiger partial charge in [0.15, 0.2) is 0 Å². The fourth-order valence-corrected chi connectivity index (χ4v) is 3.92. The van der Waals surface area contributed by atoms with Crippen LogP contribution in [0.25, 0.3) is 27.2 Å². The molecule has 0 fully saturated rings. The van der Waals surface area contributed by atoms with Crippen LogP contribution >= 0.6 is 0 Å². The van der Waals surface area contributed by atoms with E-state index in [-0.39, 0.29) is 24.5 Å². The van der Waals surface area contributed by atoms with E-state index in [1.165, 1.54) is 0 Å². The maximum Gasteiger partial charge on any atom is 0.356 e. The Balaban J connectivity index is 2.28. The molecule has 2 aromatic heterocycles. The van der Waals surface area contributed by atoms with Crippen molar-refractivity contribution in [3.63, 3.8) is 0 Å². The molecule has 0 aliphatic heterocycles. The molecule has 142 valence electrons. The predicted octanol–water partition coefficient (Wildman–Crippen LogP) is 4.91. The molecule has 2 heterocycles. The fourth-order valence-electron chi connectivity index (χ4n) is 3.92. The lowest BCUT2D eigenvalue weighted by molar-refractivity contribution is 0.0474. The number of rotatable bonds is 4. The number of aromatic nitrogens is 1. The van der Waals surface area contributed by atoms with Gasteiger partial charge >= 0.3 is 11.9 Å². The van der Waals surface area contributed by atoms with E-state index in [1.807, 2.05) is 53.8 Å². The first-order valence-corrected chi connectivity index (χ1v) is 9.38. The van der Waals surface area contributed by atoms with E-state index in [0.717, 1.165) is 27.2 Å². The highest BCUT2D eigenvalue weighted by molar-refractivity contribution is 6.17. The van der Waals surface area contributed by atoms with Crippen LogP contribution < -0.4 is 0 Å². The van der Waals surface area contributed by atoms with Crippen LogP contribution in [0, 0.1) is 6.92 Å². The van der Waals surface area contributed by atoms with Gasteiger partial charge in [-0.05, 0) is 37.8 Å². The molecular formula is C23H21NO4. The second-order valence-corrected chi connectivity index (χ2v) is 6.54. The highest BCUT2D eigenvalue weighted by Crippen LogP contribution is 2.36. The number of para-hydroxylation sites is 1. The Morgan fingerprint density at radius 1 is 0.821 bits per heavy atom. The lowest BCUT2D eigenvalue weighted by Crippen LogP contribution is -2.15. The molecule has 5 heteroatoms. The summed E-state index contributed by atoms with van der Waals surface area (Å²) in [6.07, 6.45) is 0. The monoisotopic (exact) mass is 375 g/mol. The van der Waals surface area contributed by atoms with Gasteiger partial charge in [0.1, 0.15) is 5.69 Å². The first kappa shape index (κ1) is 18.0. The summed E-state index contributed by atoms with van der Waals surface area (Å²) < 4.78 is 12.4. The standard InChI is InChI=1S/C23H21NO4/c1-4-27-22(25)19-14(3)20-17-12-7-6-10-15(17)16-11-8-9-13-18(16)24(20)21(19)23(26)28-5-2/h6-13H,4-5H2,1-3H3. The van der Waals surface area contributed by atoms with Crippen molar-refractivity contribution in [3.05, 3.63) is 65.4 Å². The quantitative estimate of drug-likeness (QED) is 0.376. The number of pyridine rings is 1. The summed E-state index contributed by atoms with van der Waals surface area (Å²) in [5.41, 5.74) is 2.86. The second kappa shape index (κ2) is 7.00. The van der Waals surface area contributed by atoms with Gasteiger partial charge in [0.2, 0.25) is 0 Å². The Morgan fingerprint density at radius 3 is 2.07 bits per heavy atom. The van der Waals surface area contributed by atoms with Crippen LogP contribution in [-0.4, -0.2) is 29.6 Å². The number of nitrogens with zero attached hydrogens (tertiary/aromatic N) is 1. The van der Waals surface area contributed by atoms with Gasteiger partial charge in [-0.15, -0.1) is 0 Å². The number of hydrogen-bond donors (Lipinski definition) is 0. The van der Waals surface area contributed by atoms with Crippen molar-refractivity contribution in [2.24, 2.45) is 0 Å². The van der Waals surface area contributed by atoms with Gasteiger partial charge in [-0.1, -0.05) is 42.5 Å². The van der Waals surface area contributed by atoms with Gasteiger partial charge in [0.05, 0.1) is 29.8 Å². The summed E-state index contributed by atoms with van der Waals surface area (Å²) >= 11 is 0. The Bertz CT molecular complexity index is 1240. The lowest BCUT2D eigenvalue weighted by atomic mass is 10.0. The van der Waals surface area contributed by atoms with E-state index < -0.39 is 11.9 Å². The third kappa shape index (κ3) is 2.54. The molecule has 4 aromatic rings. The van der Waals surface area contributed by atoms with Crippen LogP contribution in [0.5, 0.6) is 0 Å². The van der Waals surface area contributed by atoms with Gasteiger partial charge in [-0.2, -0.15) is 0 Å². The van der Waals surface area contributed by atoms with Crippen molar-refractivity contribution in [2.45, 2.75) is 20.8 Å². The molecule has 0 bridgehead atoms. The highest BCUT2D eigenvalue weighted by Gasteiger charge is 2.30. The number of aryl methyl sites for hydroxylation is 1. The molecule has 0 atom stereocenters. The van der Waals surface area contributed by atoms with E-state index in [9.17, 15) is 9.59 Å². The van der Waals surface area contributed by atoms with Gasteiger partial charge in [-0.3, -0.25) is 0 Å². The van der Waals surface area contributed by atoms with E-state index in [0.29, 0.717) is 5.56 Å². The summed E-state index contributed by atoms with van der Waals surface area (Å²) in [4.78, 5) is 25.7. The van der Waals surface area contributed by atoms with Crippen molar-refractivity contribution in [2.75, 3.05) is 13.2 Å². The third-order valence-corrected chi connectivity index (χ3v) is 4.98. The molecule has 4 rings (SSSR count). The average Bonchev–Trinajstić information content (AvgIpc) is 3.02. The Labute approximate surface area is 162 Å². The van der Waals surface area contributed by atoms with Gasteiger partial charge < -0.3 is 13.9 Å². The molecule has 0 aliphatic carbocycles. The van der Waals surface area contributed by atoms with E-state index in [4.69, 9.17) is 9.47 Å². The predicted molar refractivity (Wildman–Crippen MR) is 109 cm³/mol. The first-order chi connectivity index (χ1) is 13.6. The Hall–Kier alpha value is -3.34. The summed E-state index contributed by atoms with van der Waals surface area (Å²) in [5, 5.41) is 3.04. The zero-order valence-electron chi connectivity index (χ0n) is 16.1. The highest BCUT2D eigenvalue weighted by atomic mass is 16.5. The molecular weight excluding hydrogens is 354 g/mol. The number of esters is 2. The Morgan fingerprint density at radius 2 is 1.39 bits per heavy atom. The largest absolute Gasteiger partial charge is 0.462 e. The lowest BCUT2D eigenvalue weighted by Gasteiger charge is -2.12. The van der Waals surface area contributed by atoms with Crippen LogP contribution in [0.4, 0.5) is 0 Å². The summed E-state index contributed by atoms with van der Waals surface area (Å²) in [5.74, 6) is -1.05. The smallest absolute Gasteiger partial charge is 0.356 e. The van der Waals surface area contributed by atoms with Crippen LogP contribution in [-0.2, 0) is 9.47 Å². The zero-order valence-corrected chi connectivity index (χ0v) is 16.1. The maximum atomic E-state index is 12.9. The minimum absolute atomic E-state index is 0.217. The average molecular weight is 375 g/mol. The molecule has 0 aliphatic rings. The molecule has 0 spiro atoms. The molecule has 5 nitrogen and oxygen atoms in total. The van der Waals surface area contributed by atoms with Crippen molar-refractivity contribution in [3.8, 4) is 0 Å². The van der Waals surface area contributed by atoms with Gasteiger partial charge in [-0.25, -0.2) is 9.59 Å². The summed E-state index contributed by atoms with van der Waals surface area (Å²) in [6.45, 7) is 5.80. The topological polar surface area (TPSA) is 57.0 Å². The number of ether oxygens (including phenoxy) is 2. The van der Waals surface area contributed by atoms with Crippen LogP contribution in [0.1, 0.15) is 40.3 Å². The molecule has 0 radical (unpaired) electrons. The number of benzene rings is 2. The second-order valence-electron chi connectivity index (χ2n) is 6.54. The van der Waals surface area contributed by atoms with Crippen molar-refractivity contribution >= 4 is 39.1 Å². The normalized spacial score (nSPS) is 11.2. The molecule has 0 N–H and O–H groups in total. The van der Waals surface area contributed by atoms with Crippen LogP contribution in [0.2, 0.25) is 0 Å². The zero-order chi connectivity index (χ0) is 19.8. The van der Waals surface area contributed by atoms with E-state index in [2.05, 4.69) is 6.07 Å². The molecule has 0 saturated carbocycles. The maximum absolute atomic E-state index is 12.9. The molecule has 0 saturated heterocycles. The van der Waals surface area contributed by atoms with Crippen molar-refractivity contribution in [1.29, 1.82) is 0 Å². The van der Waals surface area contributed by atoms with E-state index in [1.54, 1.807) is 13.8 Å². The number of fused-ring (bicyclic) bond motifs is 6. The fraction of sp³-hybridized carbons (Fsp3) is 0.217. The molecule has 28 heavy (non-hydrogen) atoms. The molecule has 2 aromatic carbocycles. The van der Waals surface area contributed by atoms with Crippen molar-refractivity contribution in [1.82, 2.24) is 4.40 Å². The van der Waals surface area contributed by atoms with Gasteiger partial charge in [0.25, 0.3) is 0 Å². The van der Waals surface area contributed by atoms with Crippen molar-refractivity contribution < 1.29 is 19.1 Å². The summed E-state index contributed by atoms with van der Waals surface area (Å²) in [7, 11) is 0. The Kier molecular flexibility index (Phi) is 4.51. The SMILES string of the molecule is CCOC(=O)c1c(C)c2c3ccccc3c3ccccc3n2c1C(=O)OCC.